The number of benzene rings is 1. The predicted molar refractivity (Wildman–Crippen MR) is 68.7 cm³/mol. The Hall–Kier alpha value is -2.54. The summed E-state index contributed by atoms with van der Waals surface area (Å²) in [6, 6.07) is 6.75. The number of terminal acetylenes is 1. The van der Waals surface area contributed by atoms with Crippen LogP contribution >= 0.6 is 0 Å². The van der Waals surface area contributed by atoms with Crippen molar-refractivity contribution in [2.75, 3.05) is 0 Å². The van der Waals surface area contributed by atoms with E-state index in [0.717, 1.165) is 10.1 Å². The van der Waals surface area contributed by atoms with Crippen LogP contribution in [0, 0.1) is 19.3 Å². The van der Waals surface area contributed by atoms with Crippen LogP contribution in [0.25, 0.3) is 10.8 Å². The minimum atomic E-state index is -1.16. The molecule has 1 heterocycles. The molecule has 0 amide bonds. The minimum Gasteiger partial charge on any atom is -0.477 e. The molecule has 0 spiro atoms. The fourth-order valence-electron chi connectivity index (χ4n) is 1.90. The standard InChI is InChI=1S/C14H11NO3/c1-3-6-15-12(14(17)18)8-10-7-9(2)4-5-11(10)13(15)16/h1,4-5,7-8H,6H2,2H3,(H,17,18). The summed E-state index contributed by atoms with van der Waals surface area (Å²) >= 11 is 0. The highest BCUT2D eigenvalue weighted by atomic mass is 16.4. The van der Waals surface area contributed by atoms with Crippen molar-refractivity contribution in [2.24, 2.45) is 0 Å². The van der Waals surface area contributed by atoms with Crippen molar-refractivity contribution in [3.63, 3.8) is 0 Å². The lowest BCUT2D eigenvalue weighted by molar-refractivity contribution is 0.0684. The van der Waals surface area contributed by atoms with E-state index in [1.54, 1.807) is 12.1 Å². The number of hydrogen-bond donors (Lipinski definition) is 1. The molecular formula is C14H11NO3. The van der Waals surface area contributed by atoms with E-state index in [0.29, 0.717) is 10.8 Å². The number of carboxylic acid groups (broad SMARTS) is 1. The number of nitrogens with zero attached hydrogens (tertiary/aromatic N) is 1. The smallest absolute Gasteiger partial charge is 0.352 e. The van der Waals surface area contributed by atoms with Gasteiger partial charge in [-0.25, -0.2) is 4.79 Å². The van der Waals surface area contributed by atoms with E-state index >= 15 is 0 Å². The Morgan fingerprint density at radius 2 is 2.17 bits per heavy atom. The molecule has 1 aromatic carbocycles. The molecule has 4 heteroatoms. The Labute approximate surface area is 103 Å². The second-order valence-electron chi connectivity index (χ2n) is 4.02. The van der Waals surface area contributed by atoms with Gasteiger partial charge in [0.05, 0.1) is 6.54 Å². The monoisotopic (exact) mass is 241 g/mol. The van der Waals surface area contributed by atoms with Crippen molar-refractivity contribution < 1.29 is 9.90 Å². The quantitative estimate of drug-likeness (QED) is 0.813. The zero-order valence-electron chi connectivity index (χ0n) is 9.80. The molecule has 0 aliphatic heterocycles. The Balaban J connectivity index is 2.90. The molecule has 0 unspecified atom stereocenters. The van der Waals surface area contributed by atoms with Crippen LogP contribution in [-0.2, 0) is 6.54 Å². The van der Waals surface area contributed by atoms with Gasteiger partial charge in [0.1, 0.15) is 5.69 Å². The van der Waals surface area contributed by atoms with Crippen LogP contribution in [0.3, 0.4) is 0 Å². The van der Waals surface area contributed by atoms with E-state index in [2.05, 4.69) is 5.92 Å². The van der Waals surface area contributed by atoms with Crippen LogP contribution in [0.15, 0.2) is 29.1 Å². The van der Waals surface area contributed by atoms with Gasteiger partial charge in [0, 0.05) is 5.39 Å². The molecule has 0 saturated heterocycles. The molecule has 1 aromatic heterocycles. The van der Waals surface area contributed by atoms with Gasteiger partial charge in [0.25, 0.3) is 5.56 Å². The average molecular weight is 241 g/mol. The van der Waals surface area contributed by atoms with E-state index in [1.807, 2.05) is 13.0 Å². The van der Waals surface area contributed by atoms with Gasteiger partial charge in [0.15, 0.2) is 0 Å². The fraction of sp³-hybridized carbons (Fsp3) is 0.143. The first kappa shape index (κ1) is 11.9. The molecule has 2 aromatic rings. The van der Waals surface area contributed by atoms with Gasteiger partial charge < -0.3 is 5.11 Å². The van der Waals surface area contributed by atoms with Crippen molar-refractivity contribution in [3.8, 4) is 12.3 Å². The van der Waals surface area contributed by atoms with E-state index in [-0.39, 0.29) is 17.8 Å². The summed E-state index contributed by atoms with van der Waals surface area (Å²) in [6.07, 6.45) is 5.16. The van der Waals surface area contributed by atoms with Crippen LogP contribution in [-0.4, -0.2) is 15.6 Å². The second-order valence-corrected chi connectivity index (χ2v) is 4.02. The first-order chi connectivity index (χ1) is 8.54. The Morgan fingerprint density at radius 1 is 1.44 bits per heavy atom. The number of aromatic carboxylic acids is 1. The van der Waals surface area contributed by atoms with Crippen molar-refractivity contribution in [2.45, 2.75) is 13.5 Å². The number of aromatic nitrogens is 1. The van der Waals surface area contributed by atoms with Gasteiger partial charge in [-0.1, -0.05) is 23.6 Å². The number of carbonyl (C=O) groups is 1. The van der Waals surface area contributed by atoms with Crippen LogP contribution in [0.5, 0.6) is 0 Å². The number of hydrogen-bond acceptors (Lipinski definition) is 2. The normalized spacial score (nSPS) is 10.2. The van der Waals surface area contributed by atoms with E-state index in [1.165, 1.54) is 6.07 Å². The van der Waals surface area contributed by atoms with Crippen LogP contribution in [0.2, 0.25) is 0 Å². The maximum Gasteiger partial charge on any atom is 0.352 e. The van der Waals surface area contributed by atoms with Crippen LogP contribution < -0.4 is 5.56 Å². The SMILES string of the molecule is C#CCn1c(C(=O)O)cc2cc(C)ccc2c1=O. The highest BCUT2D eigenvalue weighted by Gasteiger charge is 2.13. The van der Waals surface area contributed by atoms with E-state index in [4.69, 9.17) is 11.5 Å². The maximum absolute atomic E-state index is 12.2. The lowest BCUT2D eigenvalue weighted by Crippen LogP contribution is -2.25. The molecule has 90 valence electrons. The maximum atomic E-state index is 12.2. The molecular weight excluding hydrogens is 230 g/mol. The van der Waals surface area contributed by atoms with Crippen molar-refractivity contribution in [1.29, 1.82) is 0 Å². The average Bonchev–Trinajstić information content (AvgIpc) is 2.32. The number of carboxylic acids is 1. The molecule has 4 nitrogen and oxygen atoms in total. The lowest BCUT2D eigenvalue weighted by Gasteiger charge is -2.09. The zero-order valence-corrected chi connectivity index (χ0v) is 9.80. The summed E-state index contributed by atoms with van der Waals surface area (Å²) in [5.74, 6) is 1.13. The Morgan fingerprint density at radius 3 is 2.78 bits per heavy atom. The predicted octanol–water partition coefficient (Wildman–Crippen LogP) is 1.64. The Bertz CT molecular complexity index is 735. The zero-order chi connectivity index (χ0) is 13.3. The molecule has 1 N–H and O–H groups in total. The minimum absolute atomic E-state index is 0.0513. The van der Waals surface area contributed by atoms with Gasteiger partial charge in [0.2, 0.25) is 0 Å². The van der Waals surface area contributed by atoms with Crippen LogP contribution in [0.4, 0.5) is 0 Å². The molecule has 0 aliphatic rings. The van der Waals surface area contributed by atoms with Crippen molar-refractivity contribution in [3.05, 3.63) is 45.9 Å². The topological polar surface area (TPSA) is 59.3 Å². The van der Waals surface area contributed by atoms with Gasteiger partial charge in [-0.05, 0) is 24.4 Å². The van der Waals surface area contributed by atoms with Crippen LogP contribution in [0.1, 0.15) is 16.1 Å². The first-order valence-corrected chi connectivity index (χ1v) is 5.35. The molecule has 0 atom stereocenters. The number of rotatable bonds is 2. The number of pyridine rings is 1. The summed E-state index contributed by atoms with van der Waals surface area (Å²) in [5.41, 5.74) is 0.506. The van der Waals surface area contributed by atoms with Gasteiger partial charge in [-0.3, -0.25) is 9.36 Å². The summed E-state index contributed by atoms with van der Waals surface area (Å²) in [4.78, 5) is 23.3. The van der Waals surface area contributed by atoms with Gasteiger partial charge >= 0.3 is 5.97 Å². The summed E-state index contributed by atoms with van der Waals surface area (Å²) in [5, 5.41) is 10.2. The van der Waals surface area contributed by atoms with E-state index in [9.17, 15) is 9.59 Å². The third kappa shape index (κ3) is 1.87. The molecule has 18 heavy (non-hydrogen) atoms. The number of fused-ring (bicyclic) bond motifs is 1. The third-order valence-corrected chi connectivity index (χ3v) is 2.73. The highest BCUT2D eigenvalue weighted by Crippen LogP contribution is 2.14. The molecule has 0 fully saturated rings. The molecule has 2 rings (SSSR count). The molecule has 0 aliphatic carbocycles. The first-order valence-electron chi connectivity index (χ1n) is 5.35. The van der Waals surface area contributed by atoms with Gasteiger partial charge in [-0.2, -0.15) is 0 Å². The molecule has 0 saturated carbocycles. The largest absolute Gasteiger partial charge is 0.477 e. The Kier molecular flexibility index (Phi) is 2.90. The molecule has 0 bridgehead atoms. The highest BCUT2D eigenvalue weighted by molar-refractivity contribution is 5.92. The summed E-state index contributed by atoms with van der Waals surface area (Å²) < 4.78 is 1.10. The third-order valence-electron chi connectivity index (χ3n) is 2.73. The van der Waals surface area contributed by atoms with E-state index < -0.39 is 5.97 Å². The molecule has 0 radical (unpaired) electrons. The van der Waals surface area contributed by atoms with Crippen molar-refractivity contribution >= 4 is 16.7 Å². The summed E-state index contributed by atoms with van der Waals surface area (Å²) in [7, 11) is 0. The number of aryl methyl sites for hydroxylation is 1. The fourth-order valence-corrected chi connectivity index (χ4v) is 1.90. The summed E-state index contributed by atoms with van der Waals surface area (Å²) in [6.45, 7) is 1.83. The lowest BCUT2D eigenvalue weighted by atomic mass is 10.1. The van der Waals surface area contributed by atoms with Gasteiger partial charge in [-0.15, -0.1) is 6.42 Å². The second kappa shape index (κ2) is 4.38. The van der Waals surface area contributed by atoms with Crippen molar-refractivity contribution in [1.82, 2.24) is 4.57 Å².